The molecule has 0 spiro atoms. The van der Waals surface area contributed by atoms with E-state index in [2.05, 4.69) is 5.32 Å². The van der Waals surface area contributed by atoms with Crippen LogP contribution in [0, 0.1) is 0 Å². The molecule has 0 saturated heterocycles. The summed E-state index contributed by atoms with van der Waals surface area (Å²) in [5.74, 6) is 0.940. The Balaban J connectivity index is 1.74. The van der Waals surface area contributed by atoms with Crippen LogP contribution in [0.15, 0.2) is 53.4 Å². The van der Waals surface area contributed by atoms with Crippen molar-refractivity contribution in [3.8, 4) is 11.5 Å². The number of carbonyl (C=O) groups excluding carboxylic acids is 1. The molecule has 27 heavy (non-hydrogen) atoms. The zero-order valence-corrected chi connectivity index (χ0v) is 16.1. The Morgan fingerprint density at radius 2 is 1.70 bits per heavy atom. The summed E-state index contributed by atoms with van der Waals surface area (Å²) in [4.78, 5) is 23.7. The van der Waals surface area contributed by atoms with E-state index in [1.807, 2.05) is 43.3 Å². The van der Waals surface area contributed by atoms with Crippen molar-refractivity contribution in [2.75, 3.05) is 19.5 Å². The van der Waals surface area contributed by atoms with Gasteiger partial charge in [-0.15, -0.1) is 11.8 Å². The summed E-state index contributed by atoms with van der Waals surface area (Å²) in [7, 11) is 1.63. The molecule has 0 heterocycles. The molecule has 2 aromatic rings. The highest BCUT2D eigenvalue weighted by Crippen LogP contribution is 2.22. The van der Waals surface area contributed by atoms with Gasteiger partial charge in [-0.1, -0.05) is 12.1 Å². The number of ether oxygens (including phenoxy) is 2. The summed E-state index contributed by atoms with van der Waals surface area (Å²) >= 11 is 1.62. The van der Waals surface area contributed by atoms with Crippen molar-refractivity contribution in [1.82, 2.24) is 5.32 Å². The summed E-state index contributed by atoms with van der Waals surface area (Å²) in [5, 5.41) is 11.6. The van der Waals surface area contributed by atoms with Gasteiger partial charge in [0.25, 0.3) is 0 Å². The highest BCUT2D eigenvalue weighted by Gasteiger charge is 2.10. The summed E-state index contributed by atoms with van der Waals surface area (Å²) in [6.07, 6.45) is 0.418. The molecule has 144 valence electrons. The van der Waals surface area contributed by atoms with E-state index in [-0.39, 0.29) is 18.6 Å². The van der Waals surface area contributed by atoms with E-state index in [0.29, 0.717) is 17.9 Å². The molecule has 0 aliphatic carbocycles. The topological polar surface area (TPSA) is 84.9 Å². The number of hydrogen-bond acceptors (Lipinski definition) is 5. The SMILES string of the molecule is COc1ccc(SCCC(=O)NC(C)c2ccc(OCC(=O)O)cc2)cc1. The van der Waals surface area contributed by atoms with Gasteiger partial charge in [0.05, 0.1) is 13.2 Å². The number of thioether (sulfide) groups is 1. The number of amides is 1. The zero-order valence-electron chi connectivity index (χ0n) is 15.3. The molecule has 0 radical (unpaired) electrons. The number of methoxy groups -OCH3 is 1. The maximum atomic E-state index is 12.1. The van der Waals surface area contributed by atoms with Crippen LogP contribution in [0.2, 0.25) is 0 Å². The van der Waals surface area contributed by atoms with Gasteiger partial charge in [0, 0.05) is 17.1 Å². The molecule has 0 aromatic heterocycles. The highest BCUT2D eigenvalue weighted by molar-refractivity contribution is 7.99. The summed E-state index contributed by atoms with van der Waals surface area (Å²) in [6, 6.07) is 14.6. The van der Waals surface area contributed by atoms with Crippen LogP contribution in [0.4, 0.5) is 0 Å². The second-order valence-corrected chi connectivity index (χ2v) is 6.98. The van der Waals surface area contributed by atoms with Crippen LogP contribution in [-0.4, -0.2) is 36.5 Å². The molecule has 0 saturated carbocycles. The van der Waals surface area contributed by atoms with Gasteiger partial charge < -0.3 is 19.9 Å². The van der Waals surface area contributed by atoms with Crippen molar-refractivity contribution in [2.45, 2.75) is 24.3 Å². The van der Waals surface area contributed by atoms with E-state index in [0.717, 1.165) is 16.2 Å². The summed E-state index contributed by atoms with van der Waals surface area (Å²) in [6.45, 7) is 1.53. The Hall–Kier alpha value is -2.67. The quantitative estimate of drug-likeness (QED) is 0.605. The number of nitrogens with one attached hydrogen (secondary N) is 1. The number of carboxylic acid groups (broad SMARTS) is 1. The fourth-order valence-electron chi connectivity index (χ4n) is 2.33. The van der Waals surface area contributed by atoms with Crippen molar-refractivity contribution in [3.63, 3.8) is 0 Å². The summed E-state index contributed by atoms with van der Waals surface area (Å²) < 4.78 is 10.2. The van der Waals surface area contributed by atoms with Crippen LogP contribution in [0.5, 0.6) is 11.5 Å². The van der Waals surface area contributed by atoms with Gasteiger partial charge in [0.15, 0.2) is 6.61 Å². The van der Waals surface area contributed by atoms with Gasteiger partial charge in [-0.25, -0.2) is 4.79 Å². The van der Waals surface area contributed by atoms with Crippen LogP contribution < -0.4 is 14.8 Å². The third-order valence-corrected chi connectivity index (χ3v) is 4.79. The van der Waals surface area contributed by atoms with Crippen molar-refractivity contribution >= 4 is 23.6 Å². The minimum Gasteiger partial charge on any atom is -0.497 e. The number of carboxylic acids is 1. The molecule has 0 fully saturated rings. The molecule has 0 aliphatic rings. The largest absolute Gasteiger partial charge is 0.497 e. The molecule has 1 atom stereocenters. The normalized spacial score (nSPS) is 11.5. The molecule has 7 heteroatoms. The number of benzene rings is 2. The molecule has 0 bridgehead atoms. The second kappa shape index (κ2) is 10.5. The van der Waals surface area contributed by atoms with Crippen LogP contribution in [0.25, 0.3) is 0 Å². The maximum absolute atomic E-state index is 12.1. The Morgan fingerprint density at radius 3 is 2.30 bits per heavy atom. The number of carbonyl (C=O) groups is 2. The third-order valence-electron chi connectivity index (χ3n) is 3.78. The van der Waals surface area contributed by atoms with Crippen molar-refractivity contribution in [2.24, 2.45) is 0 Å². The minimum absolute atomic E-state index is 0.0188. The molecular formula is C20H23NO5S. The van der Waals surface area contributed by atoms with Crippen LogP contribution in [0.3, 0.4) is 0 Å². The lowest BCUT2D eigenvalue weighted by atomic mass is 10.1. The van der Waals surface area contributed by atoms with Crippen LogP contribution in [0.1, 0.15) is 24.9 Å². The third kappa shape index (κ3) is 7.22. The van der Waals surface area contributed by atoms with Gasteiger partial charge in [-0.2, -0.15) is 0 Å². The molecule has 6 nitrogen and oxygen atoms in total. The summed E-state index contributed by atoms with van der Waals surface area (Å²) in [5.41, 5.74) is 0.925. The van der Waals surface area contributed by atoms with E-state index in [1.165, 1.54) is 0 Å². The average Bonchev–Trinajstić information content (AvgIpc) is 2.67. The minimum atomic E-state index is -1.02. The molecule has 1 amide bonds. The maximum Gasteiger partial charge on any atom is 0.341 e. The number of hydrogen-bond donors (Lipinski definition) is 2. The smallest absolute Gasteiger partial charge is 0.341 e. The first-order chi connectivity index (χ1) is 13.0. The van der Waals surface area contributed by atoms with E-state index in [9.17, 15) is 9.59 Å². The second-order valence-electron chi connectivity index (χ2n) is 5.81. The first-order valence-corrected chi connectivity index (χ1v) is 9.47. The first-order valence-electron chi connectivity index (χ1n) is 8.48. The van der Waals surface area contributed by atoms with Crippen molar-refractivity contribution in [3.05, 3.63) is 54.1 Å². The van der Waals surface area contributed by atoms with E-state index < -0.39 is 5.97 Å². The van der Waals surface area contributed by atoms with Gasteiger partial charge in [-0.05, 0) is 48.9 Å². The zero-order chi connectivity index (χ0) is 19.6. The molecule has 2 rings (SSSR count). The molecule has 2 N–H and O–H groups in total. The predicted molar refractivity (Wildman–Crippen MR) is 104 cm³/mol. The molecule has 2 aromatic carbocycles. The monoisotopic (exact) mass is 389 g/mol. The first kappa shape index (κ1) is 20.6. The van der Waals surface area contributed by atoms with Crippen LogP contribution >= 0.6 is 11.8 Å². The Labute approximate surface area is 162 Å². The Kier molecular flexibility index (Phi) is 8.00. The lowest BCUT2D eigenvalue weighted by Gasteiger charge is -2.15. The Bertz CT molecular complexity index is 746. The standard InChI is InChI=1S/C20H23NO5S/c1-14(15-3-5-17(6-4-15)26-13-20(23)24)21-19(22)11-12-27-18-9-7-16(25-2)8-10-18/h3-10,14H,11-13H2,1-2H3,(H,21,22)(H,23,24). The van der Waals surface area contributed by atoms with Gasteiger partial charge in [-0.3, -0.25) is 4.79 Å². The Morgan fingerprint density at radius 1 is 1.07 bits per heavy atom. The number of aliphatic carboxylic acids is 1. The average molecular weight is 389 g/mol. The molecule has 0 aliphatic heterocycles. The van der Waals surface area contributed by atoms with E-state index >= 15 is 0 Å². The molecular weight excluding hydrogens is 366 g/mol. The van der Waals surface area contributed by atoms with E-state index in [1.54, 1.807) is 31.0 Å². The van der Waals surface area contributed by atoms with Crippen molar-refractivity contribution in [1.29, 1.82) is 0 Å². The van der Waals surface area contributed by atoms with Gasteiger partial charge in [0.2, 0.25) is 5.91 Å². The highest BCUT2D eigenvalue weighted by atomic mass is 32.2. The number of rotatable bonds is 10. The lowest BCUT2D eigenvalue weighted by Crippen LogP contribution is -2.26. The van der Waals surface area contributed by atoms with Crippen LogP contribution in [-0.2, 0) is 9.59 Å². The van der Waals surface area contributed by atoms with Crippen molar-refractivity contribution < 1.29 is 24.2 Å². The predicted octanol–water partition coefficient (Wildman–Crippen LogP) is 3.52. The van der Waals surface area contributed by atoms with E-state index in [4.69, 9.17) is 14.6 Å². The fraction of sp³-hybridized carbons (Fsp3) is 0.300. The molecule has 1 unspecified atom stereocenters. The lowest BCUT2D eigenvalue weighted by molar-refractivity contribution is -0.139. The van der Waals surface area contributed by atoms with Gasteiger partial charge >= 0.3 is 5.97 Å². The fourth-order valence-corrected chi connectivity index (χ4v) is 3.18. The van der Waals surface area contributed by atoms with Gasteiger partial charge in [0.1, 0.15) is 11.5 Å².